The first-order chi connectivity index (χ1) is 13.4. The Hall–Kier alpha value is -1.73. The highest BCUT2D eigenvalue weighted by Crippen LogP contribution is 2.25. The highest BCUT2D eigenvalue weighted by Gasteiger charge is 2.35. The lowest BCUT2D eigenvalue weighted by atomic mass is 10.0. The third-order valence-corrected chi connectivity index (χ3v) is 4.42. The summed E-state index contributed by atoms with van der Waals surface area (Å²) in [6.07, 6.45) is 15.3. The van der Waals surface area contributed by atoms with Crippen molar-refractivity contribution in [1.29, 1.82) is 0 Å². The Morgan fingerprint density at radius 1 is 1.11 bits per heavy atom. The van der Waals surface area contributed by atoms with E-state index >= 15 is 0 Å². The molecule has 1 aliphatic rings. The van der Waals surface area contributed by atoms with Gasteiger partial charge in [-0.25, -0.2) is 0 Å². The first-order valence-electron chi connectivity index (χ1n) is 9.98. The lowest BCUT2D eigenvalue weighted by molar-refractivity contribution is -0.136. The molecule has 0 bridgehead atoms. The third-order valence-electron chi connectivity index (χ3n) is 4.42. The number of aliphatic hydroxyl groups is 3. The maximum absolute atomic E-state index is 10.4. The summed E-state index contributed by atoms with van der Waals surface area (Å²) in [6.45, 7) is 2.03. The van der Waals surface area contributed by atoms with Crippen molar-refractivity contribution < 1.29 is 30.0 Å². The Bertz CT molecular complexity index is 551. The Balaban J connectivity index is 2.29. The van der Waals surface area contributed by atoms with Crippen LogP contribution in [0.5, 0.6) is 0 Å². The van der Waals surface area contributed by atoms with Crippen molar-refractivity contribution in [2.75, 3.05) is 0 Å². The largest absolute Gasteiger partial charge is 0.481 e. The summed E-state index contributed by atoms with van der Waals surface area (Å²) in [5.41, 5.74) is 0. The minimum atomic E-state index is -0.805. The second-order valence-electron chi connectivity index (χ2n) is 6.92. The van der Waals surface area contributed by atoms with Gasteiger partial charge in [0.2, 0.25) is 0 Å². The molecule has 1 aliphatic heterocycles. The molecule has 5 atom stereocenters. The topological polar surface area (TPSA) is 107 Å². The average Bonchev–Trinajstić information content (AvgIpc) is 3.03. The summed E-state index contributed by atoms with van der Waals surface area (Å²) in [7, 11) is 0. The quantitative estimate of drug-likeness (QED) is 0.358. The van der Waals surface area contributed by atoms with Gasteiger partial charge in [-0.1, -0.05) is 55.5 Å². The summed E-state index contributed by atoms with van der Waals surface area (Å²) < 4.78 is 5.71. The lowest BCUT2D eigenvalue weighted by Crippen LogP contribution is -2.25. The van der Waals surface area contributed by atoms with Gasteiger partial charge in [0.25, 0.3) is 0 Å². The van der Waals surface area contributed by atoms with E-state index in [1.54, 1.807) is 12.2 Å². The van der Waals surface area contributed by atoms with Gasteiger partial charge >= 0.3 is 5.97 Å². The third kappa shape index (κ3) is 10.6. The van der Waals surface area contributed by atoms with Crippen LogP contribution in [-0.4, -0.2) is 56.9 Å². The van der Waals surface area contributed by atoms with Crippen LogP contribution in [0.3, 0.4) is 0 Å². The van der Waals surface area contributed by atoms with Crippen molar-refractivity contribution in [3.63, 3.8) is 0 Å². The maximum atomic E-state index is 10.4. The predicted octanol–water partition coefficient (Wildman–Crippen LogP) is 2.90. The van der Waals surface area contributed by atoms with E-state index in [1.165, 1.54) is 0 Å². The molecule has 0 aromatic heterocycles. The van der Waals surface area contributed by atoms with Gasteiger partial charge in [-0.05, 0) is 32.1 Å². The normalized spacial score (nSPS) is 25.5. The van der Waals surface area contributed by atoms with Crippen molar-refractivity contribution >= 4 is 5.97 Å². The Morgan fingerprint density at radius 2 is 1.82 bits per heavy atom. The molecular formula is C22H34O6. The minimum absolute atomic E-state index is 0.131. The Kier molecular flexibility index (Phi) is 12.4. The van der Waals surface area contributed by atoms with E-state index in [1.807, 2.05) is 43.4 Å². The van der Waals surface area contributed by atoms with E-state index < -0.39 is 36.5 Å². The first-order valence-corrected chi connectivity index (χ1v) is 9.98. The summed E-state index contributed by atoms with van der Waals surface area (Å²) in [5.74, 6) is -0.805. The molecule has 6 heteroatoms. The molecule has 0 saturated carbocycles. The number of carboxylic acid groups (broad SMARTS) is 1. The van der Waals surface area contributed by atoms with E-state index in [0.29, 0.717) is 32.1 Å². The molecule has 6 nitrogen and oxygen atoms in total. The van der Waals surface area contributed by atoms with Crippen molar-refractivity contribution in [2.45, 2.75) is 82.4 Å². The molecular weight excluding hydrogens is 360 g/mol. The highest BCUT2D eigenvalue weighted by atomic mass is 16.5. The number of allylic oxidation sites excluding steroid dienone is 4. The van der Waals surface area contributed by atoms with Crippen molar-refractivity contribution in [3.05, 3.63) is 48.6 Å². The first kappa shape index (κ1) is 24.3. The molecule has 28 heavy (non-hydrogen) atoms. The number of ether oxygens (including phenoxy) is 1. The fourth-order valence-electron chi connectivity index (χ4n) is 2.84. The minimum Gasteiger partial charge on any atom is -0.481 e. The fraction of sp³-hybridized carbons (Fsp3) is 0.591. The van der Waals surface area contributed by atoms with Crippen LogP contribution in [0, 0.1) is 0 Å². The molecule has 0 aliphatic carbocycles. The molecule has 0 unspecified atom stereocenters. The van der Waals surface area contributed by atoms with Gasteiger partial charge in [-0.3, -0.25) is 4.79 Å². The summed E-state index contributed by atoms with van der Waals surface area (Å²) in [5, 5.41) is 38.8. The van der Waals surface area contributed by atoms with Crippen LogP contribution in [0.15, 0.2) is 48.6 Å². The fourth-order valence-corrected chi connectivity index (χ4v) is 2.84. The van der Waals surface area contributed by atoms with E-state index in [-0.39, 0.29) is 6.42 Å². The smallest absolute Gasteiger partial charge is 0.303 e. The molecule has 0 amide bonds. The summed E-state index contributed by atoms with van der Waals surface area (Å²) >= 11 is 0. The van der Waals surface area contributed by atoms with Gasteiger partial charge in [0.05, 0.1) is 24.4 Å². The van der Waals surface area contributed by atoms with Crippen LogP contribution < -0.4 is 0 Å². The molecule has 0 aromatic rings. The van der Waals surface area contributed by atoms with E-state index in [2.05, 4.69) is 0 Å². The van der Waals surface area contributed by atoms with E-state index in [0.717, 1.165) is 6.42 Å². The van der Waals surface area contributed by atoms with Crippen LogP contribution in [0.4, 0.5) is 0 Å². The van der Waals surface area contributed by atoms with E-state index in [4.69, 9.17) is 9.84 Å². The zero-order valence-electron chi connectivity index (χ0n) is 16.6. The van der Waals surface area contributed by atoms with Gasteiger partial charge in [-0.2, -0.15) is 0 Å². The SMILES string of the molecule is CC/C=C\C[C@H](O)[C@H]1C[C@@H](O)[C@@H](/C=C/[C@H](O)C/C=C\C/C=C\CCC(=O)O)O1. The predicted molar refractivity (Wildman–Crippen MR) is 109 cm³/mol. The molecule has 1 rings (SSSR count). The van der Waals surface area contributed by atoms with E-state index in [9.17, 15) is 20.1 Å². The Morgan fingerprint density at radius 3 is 2.54 bits per heavy atom. The molecule has 4 N–H and O–H groups in total. The molecule has 1 saturated heterocycles. The van der Waals surface area contributed by atoms with Gasteiger partial charge < -0.3 is 25.2 Å². The van der Waals surface area contributed by atoms with Crippen LogP contribution in [0.25, 0.3) is 0 Å². The second kappa shape index (κ2) is 14.3. The van der Waals surface area contributed by atoms with Crippen molar-refractivity contribution in [1.82, 2.24) is 0 Å². The number of hydrogen-bond acceptors (Lipinski definition) is 5. The molecule has 158 valence electrons. The average molecular weight is 395 g/mol. The van der Waals surface area contributed by atoms with Crippen molar-refractivity contribution in [2.24, 2.45) is 0 Å². The van der Waals surface area contributed by atoms with Gasteiger partial charge in [0.1, 0.15) is 6.10 Å². The van der Waals surface area contributed by atoms with Crippen LogP contribution in [-0.2, 0) is 9.53 Å². The summed E-state index contributed by atoms with van der Waals surface area (Å²) in [4.78, 5) is 10.4. The summed E-state index contributed by atoms with van der Waals surface area (Å²) in [6, 6.07) is 0. The van der Waals surface area contributed by atoms with Crippen LogP contribution in [0.1, 0.15) is 51.9 Å². The lowest BCUT2D eigenvalue weighted by Gasteiger charge is -2.16. The zero-order chi connectivity index (χ0) is 20.8. The Labute approximate surface area is 167 Å². The molecule has 0 spiro atoms. The number of aliphatic hydroxyl groups excluding tert-OH is 3. The van der Waals surface area contributed by atoms with Gasteiger partial charge in [0, 0.05) is 12.8 Å². The van der Waals surface area contributed by atoms with Crippen molar-refractivity contribution in [3.8, 4) is 0 Å². The van der Waals surface area contributed by atoms with Gasteiger partial charge in [-0.15, -0.1) is 0 Å². The monoisotopic (exact) mass is 394 g/mol. The zero-order valence-corrected chi connectivity index (χ0v) is 16.6. The maximum Gasteiger partial charge on any atom is 0.303 e. The van der Waals surface area contributed by atoms with Crippen LogP contribution >= 0.6 is 0 Å². The molecule has 0 radical (unpaired) electrons. The van der Waals surface area contributed by atoms with Crippen LogP contribution in [0.2, 0.25) is 0 Å². The standard InChI is InChI=1S/C22H34O6/c1-2-3-8-12-18(24)21-16-19(25)20(28-21)15-14-17(23)11-9-6-4-5-7-10-13-22(26)27/h3,5-9,14-15,17-21,23-25H,2,4,10-13,16H2,1H3,(H,26,27)/b7-5-,8-3-,9-6-,15-14+/t17-,18+,19-,20-,21-/m1/s1. The number of rotatable bonds is 13. The molecule has 1 fully saturated rings. The number of carbonyl (C=O) groups is 1. The number of aliphatic carboxylic acids is 1. The number of hydrogen-bond donors (Lipinski definition) is 4. The molecule has 0 aromatic carbocycles. The van der Waals surface area contributed by atoms with Gasteiger partial charge in [0.15, 0.2) is 0 Å². The number of carboxylic acids is 1. The second-order valence-corrected chi connectivity index (χ2v) is 6.92. The highest BCUT2D eigenvalue weighted by molar-refractivity contribution is 5.66. The molecule has 1 heterocycles.